The summed E-state index contributed by atoms with van der Waals surface area (Å²) in [6, 6.07) is 7.56. The molecule has 0 saturated carbocycles. The molecule has 5 nitrogen and oxygen atoms in total. The van der Waals surface area contributed by atoms with Crippen molar-refractivity contribution in [3.8, 4) is 5.75 Å². The van der Waals surface area contributed by atoms with Gasteiger partial charge in [0.05, 0.1) is 12.0 Å². The highest BCUT2D eigenvalue weighted by molar-refractivity contribution is 5.89. The maximum atomic E-state index is 12.0. The Balaban J connectivity index is 1.68. The molecule has 0 bridgehead atoms. The molecule has 0 aliphatic carbocycles. The minimum atomic E-state index is -0.259. The summed E-state index contributed by atoms with van der Waals surface area (Å²) in [5, 5.41) is 5.60. The number of benzene rings is 1. The molecule has 2 aliphatic rings. The monoisotopic (exact) mass is 246 g/mol. The van der Waals surface area contributed by atoms with Gasteiger partial charge in [-0.1, -0.05) is 18.2 Å². The smallest absolute Gasteiger partial charge is 0.226 e. The molecule has 5 heteroatoms. The first-order valence-corrected chi connectivity index (χ1v) is 6.03. The van der Waals surface area contributed by atoms with Gasteiger partial charge in [-0.3, -0.25) is 9.59 Å². The maximum Gasteiger partial charge on any atom is 0.226 e. The molecule has 2 N–H and O–H groups in total. The van der Waals surface area contributed by atoms with Gasteiger partial charge in [0.1, 0.15) is 12.4 Å². The molecule has 2 amide bonds. The lowest BCUT2D eigenvalue weighted by Crippen LogP contribution is -2.35. The van der Waals surface area contributed by atoms with E-state index in [2.05, 4.69) is 10.6 Å². The van der Waals surface area contributed by atoms with E-state index in [0.717, 1.165) is 11.3 Å². The molecule has 1 aromatic carbocycles. The summed E-state index contributed by atoms with van der Waals surface area (Å²) in [7, 11) is 0. The van der Waals surface area contributed by atoms with E-state index in [1.165, 1.54) is 0 Å². The lowest BCUT2D eigenvalue weighted by Gasteiger charge is -2.14. The minimum Gasteiger partial charge on any atom is -0.491 e. The minimum absolute atomic E-state index is 0.0572. The van der Waals surface area contributed by atoms with Crippen molar-refractivity contribution < 1.29 is 14.3 Å². The van der Waals surface area contributed by atoms with Crippen molar-refractivity contribution in [2.45, 2.75) is 12.5 Å². The predicted octanol–water partition coefficient (Wildman–Crippen LogP) is 0.372. The molecule has 2 heterocycles. The van der Waals surface area contributed by atoms with E-state index in [4.69, 9.17) is 4.74 Å². The number of nitrogens with one attached hydrogen (secondary N) is 2. The van der Waals surface area contributed by atoms with E-state index in [9.17, 15) is 9.59 Å². The molecular formula is C13H14N2O3. The van der Waals surface area contributed by atoms with Crippen molar-refractivity contribution in [3.63, 3.8) is 0 Å². The number of para-hydroxylation sites is 1. The molecule has 1 aromatic rings. The predicted molar refractivity (Wildman–Crippen MR) is 63.9 cm³/mol. The van der Waals surface area contributed by atoms with Gasteiger partial charge >= 0.3 is 0 Å². The molecule has 1 fully saturated rings. The lowest BCUT2D eigenvalue weighted by atomic mass is 10.1. The molecule has 2 aliphatic heterocycles. The second-order valence-electron chi connectivity index (χ2n) is 4.62. The van der Waals surface area contributed by atoms with Crippen LogP contribution in [0.4, 0.5) is 0 Å². The summed E-state index contributed by atoms with van der Waals surface area (Å²) in [6.07, 6.45) is 0.279. The number of fused-ring (bicyclic) bond motifs is 1. The Morgan fingerprint density at radius 2 is 2.22 bits per heavy atom. The van der Waals surface area contributed by atoms with Crippen LogP contribution in [-0.4, -0.2) is 25.0 Å². The third-order valence-corrected chi connectivity index (χ3v) is 3.36. The van der Waals surface area contributed by atoms with Gasteiger partial charge in [-0.25, -0.2) is 0 Å². The quantitative estimate of drug-likeness (QED) is 0.792. The highest BCUT2D eigenvalue weighted by Gasteiger charge is 2.31. The number of rotatable bonds is 2. The fraction of sp³-hybridized carbons (Fsp3) is 0.385. The Kier molecular flexibility index (Phi) is 2.66. The van der Waals surface area contributed by atoms with Gasteiger partial charge in [0.2, 0.25) is 11.8 Å². The molecule has 94 valence electrons. The van der Waals surface area contributed by atoms with Crippen molar-refractivity contribution in [2.24, 2.45) is 5.92 Å². The third kappa shape index (κ3) is 1.92. The van der Waals surface area contributed by atoms with E-state index >= 15 is 0 Å². The van der Waals surface area contributed by atoms with Crippen LogP contribution in [-0.2, 0) is 9.59 Å². The number of amides is 2. The number of carbonyl (C=O) groups is 2. The number of hydrogen-bond acceptors (Lipinski definition) is 3. The van der Waals surface area contributed by atoms with Crippen molar-refractivity contribution in [1.82, 2.24) is 10.6 Å². The summed E-state index contributed by atoms with van der Waals surface area (Å²) >= 11 is 0. The second kappa shape index (κ2) is 4.33. The lowest BCUT2D eigenvalue weighted by molar-refractivity contribution is -0.127. The molecule has 1 saturated heterocycles. The van der Waals surface area contributed by atoms with Crippen LogP contribution in [0, 0.1) is 5.92 Å². The normalized spacial score (nSPS) is 25.2. The average Bonchev–Trinajstić information content (AvgIpc) is 2.97. The largest absolute Gasteiger partial charge is 0.491 e. The van der Waals surface area contributed by atoms with Crippen LogP contribution in [0.2, 0.25) is 0 Å². The van der Waals surface area contributed by atoms with Crippen LogP contribution in [0.5, 0.6) is 5.75 Å². The average molecular weight is 246 g/mol. The zero-order valence-electron chi connectivity index (χ0n) is 9.81. The van der Waals surface area contributed by atoms with Gasteiger partial charge in [0.25, 0.3) is 0 Å². The molecule has 18 heavy (non-hydrogen) atoms. The Labute approximate surface area is 105 Å². The molecular weight excluding hydrogens is 232 g/mol. The summed E-state index contributed by atoms with van der Waals surface area (Å²) in [4.78, 5) is 23.1. The van der Waals surface area contributed by atoms with Crippen molar-refractivity contribution in [2.75, 3.05) is 13.2 Å². The van der Waals surface area contributed by atoms with Crippen LogP contribution < -0.4 is 15.4 Å². The van der Waals surface area contributed by atoms with Gasteiger partial charge in [0, 0.05) is 18.5 Å². The molecule has 0 radical (unpaired) electrons. The van der Waals surface area contributed by atoms with E-state index in [1.807, 2.05) is 24.3 Å². The molecule has 0 aromatic heterocycles. The first-order valence-electron chi connectivity index (χ1n) is 6.03. The topological polar surface area (TPSA) is 67.4 Å². The fourth-order valence-electron chi connectivity index (χ4n) is 2.36. The van der Waals surface area contributed by atoms with E-state index < -0.39 is 0 Å². The first-order chi connectivity index (χ1) is 8.74. The summed E-state index contributed by atoms with van der Waals surface area (Å²) in [5.41, 5.74) is 1.00. The van der Waals surface area contributed by atoms with Gasteiger partial charge in [0.15, 0.2) is 0 Å². The van der Waals surface area contributed by atoms with Gasteiger partial charge in [-0.05, 0) is 6.07 Å². The third-order valence-electron chi connectivity index (χ3n) is 3.36. The maximum absolute atomic E-state index is 12.0. The molecule has 2 atom stereocenters. The number of ether oxygens (including phenoxy) is 1. The summed E-state index contributed by atoms with van der Waals surface area (Å²) in [5.74, 6) is 0.422. The van der Waals surface area contributed by atoms with Crippen LogP contribution in [0.25, 0.3) is 0 Å². The van der Waals surface area contributed by atoms with E-state index in [0.29, 0.717) is 13.2 Å². The van der Waals surface area contributed by atoms with Gasteiger partial charge < -0.3 is 15.4 Å². The Bertz CT molecular complexity index is 501. The summed E-state index contributed by atoms with van der Waals surface area (Å²) in [6.45, 7) is 0.888. The van der Waals surface area contributed by atoms with Gasteiger partial charge in [-0.2, -0.15) is 0 Å². The highest BCUT2D eigenvalue weighted by Crippen LogP contribution is 2.31. The van der Waals surface area contributed by atoms with E-state index in [-0.39, 0.29) is 30.2 Å². The number of hydrogen-bond donors (Lipinski definition) is 2. The Hall–Kier alpha value is -2.04. The second-order valence-corrected chi connectivity index (χ2v) is 4.62. The van der Waals surface area contributed by atoms with E-state index in [1.54, 1.807) is 0 Å². The van der Waals surface area contributed by atoms with Crippen LogP contribution >= 0.6 is 0 Å². The van der Waals surface area contributed by atoms with Crippen molar-refractivity contribution in [1.29, 1.82) is 0 Å². The van der Waals surface area contributed by atoms with Gasteiger partial charge in [-0.15, -0.1) is 0 Å². The van der Waals surface area contributed by atoms with Crippen LogP contribution in [0.1, 0.15) is 18.0 Å². The Morgan fingerprint density at radius 3 is 3.00 bits per heavy atom. The fourth-order valence-corrected chi connectivity index (χ4v) is 2.36. The van der Waals surface area contributed by atoms with Crippen LogP contribution in [0.3, 0.4) is 0 Å². The Morgan fingerprint density at radius 1 is 1.39 bits per heavy atom. The number of carbonyl (C=O) groups excluding carboxylic acids is 2. The van der Waals surface area contributed by atoms with Crippen LogP contribution in [0.15, 0.2) is 24.3 Å². The van der Waals surface area contributed by atoms with Crippen molar-refractivity contribution >= 4 is 11.8 Å². The molecule has 0 spiro atoms. The zero-order valence-corrected chi connectivity index (χ0v) is 9.81. The molecule has 3 rings (SSSR count). The highest BCUT2D eigenvalue weighted by atomic mass is 16.5. The first kappa shape index (κ1) is 11.1. The SMILES string of the molecule is O=C1CC(C(=O)NC2COc3ccccc32)CN1. The summed E-state index contributed by atoms with van der Waals surface area (Å²) < 4.78 is 5.50. The van der Waals surface area contributed by atoms with Crippen molar-refractivity contribution in [3.05, 3.63) is 29.8 Å². The zero-order chi connectivity index (χ0) is 12.5. The molecule has 2 unspecified atom stereocenters. The standard InChI is InChI=1S/C13H14N2O3/c16-12-5-8(6-14-12)13(17)15-10-7-18-11-4-2-1-3-9(10)11/h1-4,8,10H,5-7H2,(H,14,16)(H,15,17).